The third kappa shape index (κ3) is 2.51. The minimum atomic E-state index is -0.910. The van der Waals surface area contributed by atoms with E-state index >= 15 is 0 Å². The van der Waals surface area contributed by atoms with Crippen molar-refractivity contribution in [1.29, 1.82) is 0 Å². The zero-order chi connectivity index (χ0) is 13.1. The van der Waals surface area contributed by atoms with E-state index in [0.29, 0.717) is 6.42 Å². The SMILES string of the molecule is CCc1nnc(NC(=O)c2c(F)cccc2F)s1. The molecule has 7 heteroatoms. The molecular weight excluding hydrogens is 260 g/mol. The Bertz CT molecular complexity index is 565. The lowest BCUT2D eigenvalue weighted by atomic mass is 10.2. The molecule has 0 saturated heterocycles. The molecule has 1 heterocycles. The molecular formula is C11H9F2N3OS. The number of nitrogens with one attached hydrogen (secondary N) is 1. The van der Waals surface area contributed by atoms with Crippen LogP contribution in [0, 0.1) is 11.6 Å². The number of rotatable bonds is 3. The molecule has 0 aliphatic carbocycles. The van der Waals surface area contributed by atoms with Crippen LogP contribution in [-0.2, 0) is 6.42 Å². The van der Waals surface area contributed by atoms with Gasteiger partial charge in [-0.1, -0.05) is 24.3 Å². The fourth-order valence-corrected chi connectivity index (χ4v) is 2.00. The Kier molecular flexibility index (Phi) is 3.61. The molecule has 1 amide bonds. The molecule has 2 rings (SSSR count). The quantitative estimate of drug-likeness (QED) is 0.932. The second-order valence-corrected chi connectivity index (χ2v) is 4.47. The van der Waals surface area contributed by atoms with E-state index in [1.807, 2.05) is 6.92 Å². The summed E-state index contributed by atoms with van der Waals surface area (Å²) in [5.41, 5.74) is -0.620. The highest BCUT2D eigenvalue weighted by Crippen LogP contribution is 2.18. The Balaban J connectivity index is 2.22. The van der Waals surface area contributed by atoms with Crippen LogP contribution in [-0.4, -0.2) is 16.1 Å². The second kappa shape index (κ2) is 5.18. The highest BCUT2D eigenvalue weighted by atomic mass is 32.1. The number of amides is 1. The first kappa shape index (κ1) is 12.6. The summed E-state index contributed by atoms with van der Waals surface area (Å²) < 4.78 is 26.7. The lowest BCUT2D eigenvalue weighted by Gasteiger charge is -2.03. The van der Waals surface area contributed by atoms with E-state index in [1.165, 1.54) is 17.4 Å². The van der Waals surface area contributed by atoms with Gasteiger partial charge < -0.3 is 0 Å². The summed E-state index contributed by atoms with van der Waals surface area (Å²) in [7, 11) is 0. The number of hydrogen-bond acceptors (Lipinski definition) is 4. The van der Waals surface area contributed by atoms with E-state index in [9.17, 15) is 13.6 Å². The molecule has 0 unspecified atom stereocenters. The van der Waals surface area contributed by atoms with Gasteiger partial charge in [0.1, 0.15) is 22.2 Å². The molecule has 0 atom stereocenters. The molecule has 0 aliphatic heterocycles. The first-order valence-corrected chi connectivity index (χ1v) is 6.01. The average Bonchev–Trinajstić information content (AvgIpc) is 2.76. The number of hydrogen-bond donors (Lipinski definition) is 1. The van der Waals surface area contributed by atoms with Gasteiger partial charge >= 0.3 is 0 Å². The van der Waals surface area contributed by atoms with E-state index in [2.05, 4.69) is 15.5 Å². The summed E-state index contributed by atoms with van der Waals surface area (Å²) in [6.07, 6.45) is 0.682. The fraction of sp³-hybridized carbons (Fsp3) is 0.182. The molecule has 0 bridgehead atoms. The van der Waals surface area contributed by atoms with Gasteiger partial charge in [-0.15, -0.1) is 10.2 Å². The maximum atomic E-state index is 13.3. The van der Waals surface area contributed by atoms with Crippen LogP contribution in [0.1, 0.15) is 22.3 Å². The lowest BCUT2D eigenvalue weighted by molar-refractivity contribution is 0.101. The maximum Gasteiger partial charge on any atom is 0.263 e. The molecule has 0 fully saturated rings. The van der Waals surface area contributed by atoms with Crippen LogP contribution < -0.4 is 5.32 Å². The van der Waals surface area contributed by atoms with Gasteiger partial charge in [0.2, 0.25) is 5.13 Å². The van der Waals surface area contributed by atoms with Crippen molar-refractivity contribution in [3.8, 4) is 0 Å². The molecule has 2 aromatic rings. The van der Waals surface area contributed by atoms with Crippen molar-refractivity contribution >= 4 is 22.4 Å². The van der Waals surface area contributed by atoms with Crippen molar-refractivity contribution in [2.24, 2.45) is 0 Å². The van der Waals surface area contributed by atoms with Crippen LogP contribution in [0.3, 0.4) is 0 Å². The van der Waals surface area contributed by atoms with E-state index in [4.69, 9.17) is 0 Å². The minimum absolute atomic E-state index is 0.222. The smallest absolute Gasteiger partial charge is 0.263 e. The van der Waals surface area contributed by atoms with Crippen LogP contribution in [0.4, 0.5) is 13.9 Å². The third-order valence-corrected chi connectivity index (χ3v) is 3.16. The van der Waals surface area contributed by atoms with Gasteiger partial charge in [-0.25, -0.2) is 8.78 Å². The van der Waals surface area contributed by atoms with Crippen LogP contribution in [0.25, 0.3) is 0 Å². The first-order chi connectivity index (χ1) is 8.61. The highest BCUT2D eigenvalue weighted by molar-refractivity contribution is 7.15. The summed E-state index contributed by atoms with van der Waals surface area (Å²) in [4.78, 5) is 11.7. The number of carbonyl (C=O) groups excluding carboxylic acids is 1. The van der Waals surface area contributed by atoms with Crippen LogP contribution in [0.2, 0.25) is 0 Å². The van der Waals surface area contributed by atoms with E-state index in [1.54, 1.807) is 0 Å². The fourth-order valence-electron chi connectivity index (χ4n) is 1.32. The largest absolute Gasteiger partial charge is 0.296 e. The molecule has 0 saturated carbocycles. The van der Waals surface area contributed by atoms with Crippen molar-refractivity contribution in [2.45, 2.75) is 13.3 Å². The van der Waals surface area contributed by atoms with Gasteiger partial charge in [-0.2, -0.15) is 0 Å². The number of anilines is 1. The van der Waals surface area contributed by atoms with Crippen LogP contribution in [0.5, 0.6) is 0 Å². The standard InChI is InChI=1S/C11H9F2N3OS/c1-2-8-15-16-11(18-8)14-10(17)9-6(12)4-3-5-7(9)13/h3-5H,2H2,1H3,(H,14,16,17). The van der Waals surface area contributed by atoms with Gasteiger partial charge in [0.25, 0.3) is 5.91 Å². The summed E-state index contributed by atoms with van der Waals surface area (Å²) in [5, 5.41) is 10.8. The van der Waals surface area contributed by atoms with Crippen molar-refractivity contribution in [3.63, 3.8) is 0 Å². The Morgan fingerprint density at radius 2 is 2.00 bits per heavy atom. The van der Waals surface area contributed by atoms with Gasteiger partial charge in [-0.05, 0) is 18.6 Å². The van der Waals surface area contributed by atoms with E-state index in [-0.39, 0.29) is 5.13 Å². The average molecular weight is 269 g/mol. The van der Waals surface area contributed by atoms with Crippen molar-refractivity contribution < 1.29 is 13.6 Å². The molecule has 0 aliphatic rings. The first-order valence-electron chi connectivity index (χ1n) is 5.19. The highest BCUT2D eigenvalue weighted by Gasteiger charge is 2.18. The number of nitrogens with zero attached hydrogens (tertiary/aromatic N) is 2. The molecule has 0 spiro atoms. The van der Waals surface area contributed by atoms with Crippen molar-refractivity contribution in [2.75, 3.05) is 5.32 Å². The summed E-state index contributed by atoms with van der Waals surface area (Å²) >= 11 is 1.17. The van der Waals surface area contributed by atoms with Crippen LogP contribution >= 0.6 is 11.3 Å². The predicted molar refractivity (Wildman–Crippen MR) is 63.6 cm³/mol. The number of aromatic nitrogens is 2. The van der Waals surface area contributed by atoms with E-state index < -0.39 is 23.1 Å². The Morgan fingerprint density at radius 1 is 1.33 bits per heavy atom. The molecule has 18 heavy (non-hydrogen) atoms. The van der Waals surface area contributed by atoms with Gasteiger partial charge in [0, 0.05) is 0 Å². The number of benzene rings is 1. The van der Waals surface area contributed by atoms with Crippen molar-refractivity contribution in [1.82, 2.24) is 10.2 Å². The molecule has 1 aromatic heterocycles. The lowest BCUT2D eigenvalue weighted by Crippen LogP contribution is -2.15. The Hall–Kier alpha value is -1.89. The molecule has 1 aromatic carbocycles. The van der Waals surface area contributed by atoms with Crippen molar-refractivity contribution in [3.05, 3.63) is 40.4 Å². The molecule has 1 N–H and O–H groups in total. The zero-order valence-electron chi connectivity index (χ0n) is 9.41. The Morgan fingerprint density at radius 3 is 2.56 bits per heavy atom. The number of halogens is 2. The second-order valence-electron chi connectivity index (χ2n) is 3.41. The number of carbonyl (C=O) groups is 1. The predicted octanol–water partition coefficient (Wildman–Crippen LogP) is 2.63. The monoisotopic (exact) mass is 269 g/mol. The number of aryl methyl sites for hydroxylation is 1. The molecule has 4 nitrogen and oxygen atoms in total. The molecule has 94 valence electrons. The zero-order valence-corrected chi connectivity index (χ0v) is 10.2. The topological polar surface area (TPSA) is 54.9 Å². The third-order valence-electron chi connectivity index (χ3n) is 2.18. The minimum Gasteiger partial charge on any atom is -0.296 e. The normalized spacial score (nSPS) is 10.4. The van der Waals surface area contributed by atoms with Gasteiger partial charge in [-0.3, -0.25) is 10.1 Å². The molecule has 0 radical (unpaired) electrons. The Labute approximate surface area is 106 Å². The van der Waals surface area contributed by atoms with Crippen LogP contribution in [0.15, 0.2) is 18.2 Å². The van der Waals surface area contributed by atoms with E-state index in [0.717, 1.165) is 17.1 Å². The van der Waals surface area contributed by atoms with Gasteiger partial charge in [0.15, 0.2) is 0 Å². The van der Waals surface area contributed by atoms with Gasteiger partial charge in [0.05, 0.1) is 0 Å². The maximum absolute atomic E-state index is 13.3. The summed E-state index contributed by atoms with van der Waals surface area (Å²) in [5.74, 6) is -2.69. The summed E-state index contributed by atoms with van der Waals surface area (Å²) in [6.45, 7) is 1.89. The summed E-state index contributed by atoms with van der Waals surface area (Å²) in [6, 6.07) is 3.24.